The molecule has 1 atom stereocenters. The first-order chi connectivity index (χ1) is 12.0. The molecule has 0 aromatic heterocycles. The highest BCUT2D eigenvalue weighted by atomic mass is 19.1. The summed E-state index contributed by atoms with van der Waals surface area (Å²) in [7, 11) is 1.62. The largest absolute Gasteiger partial charge is 0.497 e. The average molecular weight is 343 g/mol. The Morgan fingerprint density at radius 1 is 1.28 bits per heavy atom. The molecule has 0 aliphatic heterocycles. The summed E-state index contributed by atoms with van der Waals surface area (Å²) in [6.45, 7) is 0.159. The molecular weight excluding hydrogens is 321 g/mol. The van der Waals surface area contributed by atoms with Gasteiger partial charge in [-0.2, -0.15) is 0 Å². The highest BCUT2D eigenvalue weighted by molar-refractivity contribution is 5.78. The molecule has 3 rings (SSSR count). The molecular formula is C20H22FNO3. The number of nitrogens with one attached hydrogen (secondary N) is 1. The predicted octanol–water partition coefficient (Wildman–Crippen LogP) is 2.72. The molecule has 25 heavy (non-hydrogen) atoms. The Morgan fingerprint density at radius 3 is 2.76 bits per heavy atom. The fourth-order valence-electron chi connectivity index (χ4n) is 3.34. The molecule has 0 radical (unpaired) electrons. The third-order valence-electron chi connectivity index (χ3n) is 4.71. The number of hydrogen-bond acceptors (Lipinski definition) is 3. The van der Waals surface area contributed by atoms with Crippen molar-refractivity contribution in [3.63, 3.8) is 0 Å². The van der Waals surface area contributed by atoms with Crippen LogP contribution in [0.2, 0.25) is 0 Å². The second kappa shape index (κ2) is 7.23. The standard InChI is InChI=1S/C20H22FNO3/c1-25-17-8-9-18-15(12-17)3-2-10-20(18,24)13-22-19(23)11-14-4-6-16(21)7-5-14/h4-9,12,24H,2-3,10-11,13H2,1H3,(H,22,23)/t20-/m1/s1. The van der Waals surface area contributed by atoms with Crippen molar-refractivity contribution in [2.75, 3.05) is 13.7 Å². The van der Waals surface area contributed by atoms with E-state index in [0.717, 1.165) is 35.3 Å². The Labute approximate surface area is 146 Å². The highest BCUT2D eigenvalue weighted by Gasteiger charge is 2.34. The van der Waals surface area contributed by atoms with Gasteiger partial charge in [0, 0.05) is 0 Å². The molecule has 2 N–H and O–H groups in total. The number of carbonyl (C=O) groups excluding carboxylic acids is 1. The molecule has 0 spiro atoms. The van der Waals surface area contributed by atoms with E-state index in [1.165, 1.54) is 12.1 Å². The summed E-state index contributed by atoms with van der Waals surface area (Å²) in [5.41, 5.74) is 1.57. The number of fused-ring (bicyclic) bond motifs is 1. The van der Waals surface area contributed by atoms with Crippen LogP contribution in [0.1, 0.15) is 29.5 Å². The van der Waals surface area contributed by atoms with E-state index in [1.54, 1.807) is 19.2 Å². The van der Waals surface area contributed by atoms with E-state index >= 15 is 0 Å². The third kappa shape index (κ3) is 3.99. The van der Waals surface area contributed by atoms with Gasteiger partial charge in [-0.15, -0.1) is 0 Å². The molecule has 132 valence electrons. The summed E-state index contributed by atoms with van der Waals surface area (Å²) in [6.07, 6.45) is 2.50. The lowest BCUT2D eigenvalue weighted by atomic mass is 9.79. The van der Waals surface area contributed by atoms with Crippen molar-refractivity contribution in [3.05, 3.63) is 65.0 Å². The van der Waals surface area contributed by atoms with Gasteiger partial charge in [0.25, 0.3) is 0 Å². The number of benzene rings is 2. The van der Waals surface area contributed by atoms with Crippen LogP contribution in [0.25, 0.3) is 0 Å². The Hall–Kier alpha value is -2.40. The maximum absolute atomic E-state index is 12.9. The van der Waals surface area contributed by atoms with Gasteiger partial charge in [0.2, 0.25) is 5.91 Å². The fraction of sp³-hybridized carbons (Fsp3) is 0.350. The predicted molar refractivity (Wildman–Crippen MR) is 92.9 cm³/mol. The fourth-order valence-corrected chi connectivity index (χ4v) is 3.34. The maximum Gasteiger partial charge on any atom is 0.224 e. The van der Waals surface area contributed by atoms with E-state index < -0.39 is 5.60 Å². The van der Waals surface area contributed by atoms with Gasteiger partial charge in [-0.3, -0.25) is 4.79 Å². The lowest BCUT2D eigenvalue weighted by Crippen LogP contribution is -2.43. The van der Waals surface area contributed by atoms with E-state index in [4.69, 9.17) is 4.74 Å². The molecule has 0 saturated heterocycles. The van der Waals surface area contributed by atoms with Crippen LogP contribution in [0, 0.1) is 5.82 Å². The molecule has 1 aliphatic rings. The first kappa shape index (κ1) is 17.4. The van der Waals surface area contributed by atoms with Crippen molar-refractivity contribution >= 4 is 5.91 Å². The van der Waals surface area contributed by atoms with Crippen LogP contribution in [0.15, 0.2) is 42.5 Å². The van der Waals surface area contributed by atoms with Crippen LogP contribution in [-0.4, -0.2) is 24.7 Å². The molecule has 0 unspecified atom stereocenters. The van der Waals surface area contributed by atoms with Crippen molar-refractivity contribution in [1.29, 1.82) is 0 Å². The summed E-state index contributed by atoms with van der Waals surface area (Å²) in [4.78, 5) is 12.2. The van der Waals surface area contributed by atoms with Gasteiger partial charge in [-0.05, 0) is 60.2 Å². The van der Waals surface area contributed by atoms with Crippen LogP contribution in [0.5, 0.6) is 5.75 Å². The van der Waals surface area contributed by atoms with Crippen LogP contribution >= 0.6 is 0 Å². The van der Waals surface area contributed by atoms with Crippen molar-refractivity contribution in [2.24, 2.45) is 0 Å². The smallest absolute Gasteiger partial charge is 0.224 e. The minimum atomic E-state index is -1.07. The van der Waals surface area contributed by atoms with Gasteiger partial charge in [0.05, 0.1) is 20.1 Å². The van der Waals surface area contributed by atoms with Crippen molar-refractivity contribution in [2.45, 2.75) is 31.3 Å². The van der Waals surface area contributed by atoms with Gasteiger partial charge in [0.15, 0.2) is 0 Å². The SMILES string of the molecule is COc1ccc2c(c1)CCC[C@@]2(O)CNC(=O)Cc1ccc(F)cc1. The van der Waals surface area contributed by atoms with E-state index in [-0.39, 0.29) is 24.7 Å². The molecule has 0 fully saturated rings. The van der Waals surface area contributed by atoms with Gasteiger partial charge >= 0.3 is 0 Å². The van der Waals surface area contributed by atoms with E-state index in [1.807, 2.05) is 18.2 Å². The number of rotatable bonds is 5. The Morgan fingerprint density at radius 2 is 2.04 bits per heavy atom. The first-order valence-electron chi connectivity index (χ1n) is 8.41. The molecule has 2 aromatic rings. The Balaban J connectivity index is 1.66. The Bertz CT molecular complexity index is 760. The normalized spacial score (nSPS) is 19.2. The summed E-state index contributed by atoms with van der Waals surface area (Å²) in [5.74, 6) is 0.247. The van der Waals surface area contributed by atoms with Gasteiger partial charge in [0.1, 0.15) is 17.2 Å². The number of methoxy groups -OCH3 is 1. The Kier molecular flexibility index (Phi) is 5.04. The first-order valence-corrected chi connectivity index (χ1v) is 8.41. The quantitative estimate of drug-likeness (QED) is 0.878. The summed E-state index contributed by atoms with van der Waals surface area (Å²) in [6, 6.07) is 11.5. The second-order valence-electron chi connectivity index (χ2n) is 6.49. The van der Waals surface area contributed by atoms with Gasteiger partial charge in [-0.1, -0.05) is 18.2 Å². The zero-order valence-electron chi connectivity index (χ0n) is 14.2. The molecule has 1 amide bonds. The minimum Gasteiger partial charge on any atom is -0.497 e. The van der Waals surface area contributed by atoms with Crippen LogP contribution in [-0.2, 0) is 23.2 Å². The van der Waals surface area contributed by atoms with Crippen molar-refractivity contribution < 1.29 is 19.0 Å². The number of carbonyl (C=O) groups is 1. The lowest BCUT2D eigenvalue weighted by Gasteiger charge is -2.35. The summed E-state index contributed by atoms with van der Waals surface area (Å²) >= 11 is 0. The second-order valence-corrected chi connectivity index (χ2v) is 6.49. The average Bonchev–Trinajstić information content (AvgIpc) is 2.62. The van der Waals surface area contributed by atoms with Crippen LogP contribution in [0.4, 0.5) is 4.39 Å². The van der Waals surface area contributed by atoms with Crippen molar-refractivity contribution in [3.8, 4) is 5.75 Å². The third-order valence-corrected chi connectivity index (χ3v) is 4.71. The highest BCUT2D eigenvalue weighted by Crippen LogP contribution is 2.36. The number of hydrogen-bond donors (Lipinski definition) is 2. The minimum absolute atomic E-state index is 0.159. The molecule has 5 heteroatoms. The number of aryl methyl sites for hydroxylation is 1. The van der Waals surface area contributed by atoms with Gasteiger partial charge < -0.3 is 15.2 Å². The molecule has 2 aromatic carbocycles. The van der Waals surface area contributed by atoms with Crippen molar-refractivity contribution in [1.82, 2.24) is 5.32 Å². The van der Waals surface area contributed by atoms with Crippen LogP contribution < -0.4 is 10.1 Å². The molecule has 0 saturated carbocycles. The number of halogens is 1. The topological polar surface area (TPSA) is 58.6 Å². The van der Waals surface area contributed by atoms with Crippen LogP contribution in [0.3, 0.4) is 0 Å². The maximum atomic E-state index is 12.9. The van der Waals surface area contributed by atoms with E-state index in [2.05, 4.69) is 5.32 Å². The summed E-state index contributed by atoms with van der Waals surface area (Å²) < 4.78 is 18.2. The lowest BCUT2D eigenvalue weighted by molar-refractivity contribution is -0.122. The van der Waals surface area contributed by atoms with Gasteiger partial charge in [-0.25, -0.2) is 4.39 Å². The monoisotopic (exact) mass is 343 g/mol. The zero-order chi connectivity index (χ0) is 17.9. The zero-order valence-corrected chi connectivity index (χ0v) is 14.2. The number of amides is 1. The van der Waals surface area contributed by atoms with E-state index in [0.29, 0.717) is 6.42 Å². The number of aliphatic hydroxyl groups is 1. The summed E-state index contributed by atoms with van der Waals surface area (Å²) in [5, 5.41) is 13.8. The molecule has 0 heterocycles. The molecule has 1 aliphatic carbocycles. The molecule has 4 nitrogen and oxygen atoms in total. The van der Waals surface area contributed by atoms with E-state index in [9.17, 15) is 14.3 Å². The number of ether oxygens (including phenoxy) is 1. The molecule has 0 bridgehead atoms.